The van der Waals surface area contributed by atoms with E-state index in [2.05, 4.69) is 5.32 Å². The molecule has 0 radical (unpaired) electrons. The Labute approximate surface area is 123 Å². The maximum absolute atomic E-state index is 11.6. The fourth-order valence-corrected chi connectivity index (χ4v) is 1.80. The SMILES string of the molecule is COCCCNC(=O)COc1ccc(Cl)cc1[C@@H](C)O. The molecule has 1 aromatic rings. The van der Waals surface area contributed by atoms with E-state index >= 15 is 0 Å². The minimum Gasteiger partial charge on any atom is -0.483 e. The van der Waals surface area contributed by atoms with Gasteiger partial charge in [-0.05, 0) is 31.5 Å². The van der Waals surface area contributed by atoms with Crippen LogP contribution in [0, 0.1) is 0 Å². The van der Waals surface area contributed by atoms with Gasteiger partial charge in [-0.15, -0.1) is 0 Å². The maximum Gasteiger partial charge on any atom is 0.257 e. The second-order valence-electron chi connectivity index (χ2n) is 4.34. The molecule has 20 heavy (non-hydrogen) atoms. The summed E-state index contributed by atoms with van der Waals surface area (Å²) >= 11 is 5.86. The Hall–Kier alpha value is -1.30. The normalized spacial score (nSPS) is 12.0. The van der Waals surface area contributed by atoms with Gasteiger partial charge in [0, 0.05) is 30.8 Å². The van der Waals surface area contributed by atoms with E-state index in [4.69, 9.17) is 21.1 Å². The van der Waals surface area contributed by atoms with E-state index in [-0.39, 0.29) is 12.5 Å². The second-order valence-corrected chi connectivity index (χ2v) is 4.78. The monoisotopic (exact) mass is 301 g/mol. The van der Waals surface area contributed by atoms with Crippen LogP contribution in [-0.4, -0.2) is 37.9 Å². The third kappa shape index (κ3) is 5.77. The van der Waals surface area contributed by atoms with E-state index in [1.165, 1.54) is 0 Å². The van der Waals surface area contributed by atoms with Crippen molar-refractivity contribution in [1.29, 1.82) is 0 Å². The number of carbonyl (C=O) groups excluding carboxylic acids is 1. The van der Waals surface area contributed by atoms with Crippen molar-refractivity contribution in [3.05, 3.63) is 28.8 Å². The molecule has 0 spiro atoms. The van der Waals surface area contributed by atoms with E-state index in [1.54, 1.807) is 32.2 Å². The molecule has 112 valence electrons. The van der Waals surface area contributed by atoms with Gasteiger partial charge in [0.25, 0.3) is 5.91 Å². The van der Waals surface area contributed by atoms with Crippen molar-refractivity contribution >= 4 is 17.5 Å². The molecule has 6 heteroatoms. The lowest BCUT2D eigenvalue weighted by Crippen LogP contribution is -2.30. The standard InChI is InChI=1S/C14H20ClNO4/c1-10(17)12-8-11(15)4-5-13(12)20-9-14(18)16-6-3-7-19-2/h4-5,8,10,17H,3,6-7,9H2,1-2H3,(H,16,18)/t10-/m1/s1. The quantitative estimate of drug-likeness (QED) is 0.720. The van der Waals surface area contributed by atoms with Crippen molar-refractivity contribution in [3.63, 3.8) is 0 Å². The Morgan fingerprint density at radius 1 is 1.50 bits per heavy atom. The molecule has 0 aromatic heterocycles. The first kappa shape index (κ1) is 16.8. The van der Waals surface area contributed by atoms with Gasteiger partial charge >= 0.3 is 0 Å². The maximum atomic E-state index is 11.6. The number of amides is 1. The molecular weight excluding hydrogens is 282 g/mol. The zero-order valence-electron chi connectivity index (χ0n) is 11.7. The Bertz CT molecular complexity index is 437. The summed E-state index contributed by atoms with van der Waals surface area (Å²) in [6, 6.07) is 4.92. The van der Waals surface area contributed by atoms with Crippen LogP contribution in [0.15, 0.2) is 18.2 Å². The largest absolute Gasteiger partial charge is 0.483 e. The molecule has 5 nitrogen and oxygen atoms in total. The van der Waals surface area contributed by atoms with Gasteiger partial charge in [-0.3, -0.25) is 4.79 Å². The summed E-state index contributed by atoms with van der Waals surface area (Å²) in [5.41, 5.74) is 0.560. The summed E-state index contributed by atoms with van der Waals surface area (Å²) in [4.78, 5) is 11.6. The summed E-state index contributed by atoms with van der Waals surface area (Å²) in [7, 11) is 1.61. The average Bonchev–Trinajstić information content (AvgIpc) is 2.42. The van der Waals surface area contributed by atoms with Crippen LogP contribution in [0.4, 0.5) is 0 Å². The van der Waals surface area contributed by atoms with Crippen molar-refractivity contribution in [1.82, 2.24) is 5.32 Å². The Morgan fingerprint density at radius 2 is 2.25 bits per heavy atom. The third-order valence-electron chi connectivity index (χ3n) is 2.63. The summed E-state index contributed by atoms with van der Waals surface area (Å²) in [5, 5.41) is 12.9. The third-order valence-corrected chi connectivity index (χ3v) is 2.86. The predicted octanol–water partition coefficient (Wildman–Crippen LogP) is 1.92. The van der Waals surface area contributed by atoms with Gasteiger partial charge in [0.2, 0.25) is 0 Å². The Kier molecular flexibility index (Phi) is 7.36. The zero-order chi connectivity index (χ0) is 15.0. The van der Waals surface area contributed by atoms with Gasteiger partial charge in [0.1, 0.15) is 5.75 Å². The van der Waals surface area contributed by atoms with Crippen molar-refractivity contribution in [2.45, 2.75) is 19.4 Å². The van der Waals surface area contributed by atoms with Crippen molar-refractivity contribution < 1.29 is 19.4 Å². The molecule has 1 atom stereocenters. The first-order chi connectivity index (χ1) is 9.54. The second kappa shape index (κ2) is 8.79. The highest BCUT2D eigenvalue weighted by Gasteiger charge is 2.11. The minimum atomic E-state index is -0.714. The van der Waals surface area contributed by atoms with Gasteiger partial charge in [0.15, 0.2) is 6.61 Å². The topological polar surface area (TPSA) is 67.8 Å². The molecule has 0 aliphatic rings. The van der Waals surface area contributed by atoms with Crippen molar-refractivity contribution in [3.8, 4) is 5.75 Å². The van der Waals surface area contributed by atoms with Gasteiger partial charge in [-0.1, -0.05) is 11.6 Å². The molecule has 0 aliphatic heterocycles. The van der Waals surface area contributed by atoms with Gasteiger partial charge in [0.05, 0.1) is 6.10 Å². The van der Waals surface area contributed by atoms with Crippen molar-refractivity contribution in [2.75, 3.05) is 26.9 Å². The number of hydrogen-bond acceptors (Lipinski definition) is 4. The van der Waals surface area contributed by atoms with Crippen LogP contribution in [0.5, 0.6) is 5.75 Å². The summed E-state index contributed by atoms with van der Waals surface area (Å²) in [6.45, 7) is 2.65. The van der Waals surface area contributed by atoms with E-state index in [1.807, 2.05) is 0 Å². The first-order valence-corrected chi connectivity index (χ1v) is 6.78. The van der Waals surface area contributed by atoms with Crippen LogP contribution < -0.4 is 10.1 Å². The highest BCUT2D eigenvalue weighted by atomic mass is 35.5. The number of hydrogen-bond donors (Lipinski definition) is 2. The highest BCUT2D eigenvalue weighted by molar-refractivity contribution is 6.30. The number of ether oxygens (including phenoxy) is 2. The number of aliphatic hydroxyl groups is 1. The molecule has 0 aliphatic carbocycles. The van der Waals surface area contributed by atoms with E-state index < -0.39 is 6.10 Å². The highest BCUT2D eigenvalue weighted by Crippen LogP contribution is 2.28. The number of halogens is 1. The smallest absolute Gasteiger partial charge is 0.257 e. The Morgan fingerprint density at radius 3 is 2.90 bits per heavy atom. The van der Waals surface area contributed by atoms with Crippen LogP contribution in [-0.2, 0) is 9.53 Å². The fraction of sp³-hybridized carbons (Fsp3) is 0.500. The molecule has 1 amide bonds. The molecule has 0 bridgehead atoms. The van der Waals surface area contributed by atoms with E-state index in [9.17, 15) is 9.90 Å². The van der Waals surface area contributed by atoms with Gasteiger partial charge < -0.3 is 19.9 Å². The van der Waals surface area contributed by atoms with E-state index in [0.29, 0.717) is 29.5 Å². The molecule has 1 aromatic carbocycles. The summed E-state index contributed by atoms with van der Waals surface area (Å²) in [6.07, 6.45) is 0.0377. The average molecular weight is 302 g/mol. The van der Waals surface area contributed by atoms with Crippen LogP contribution in [0.3, 0.4) is 0 Å². The molecule has 0 saturated carbocycles. The van der Waals surface area contributed by atoms with Crippen molar-refractivity contribution in [2.24, 2.45) is 0 Å². The predicted molar refractivity (Wildman–Crippen MR) is 77.1 cm³/mol. The van der Waals surface area contributed by atoms with Crippen LogP contribution in [0.25, 0.3) is 0 Å². The Balaban J connectivity index is 2.47. The number of benzene rings is 1. The zero-order valence-corrected chi connectivity index (χ0v) is 12.4. The van der Waals surface area contributed by atoms with Gasteiger partial charge in [-0.2, -0.15) is 0 Å². The van der Waals surface area contributed by atoms with Gasteiger partial charge in [-0.25, -0.2) is 0 Å². The number of rotatable bonds is 8. The van der Waals surface area contributed by atoms with Crippen LogP contribution in [0.2, 0.25) is 5.02 Å². The van der Waals surface area contributed by atoms with Crippen LogP contribution >= 0.6 is 11.6 Å². The minimum absolute atomic E-state index is 0.103. The number of methoxy groups -OCH3 is 1. The van der Waals surface area contributed by atoms with Crippen LogP contribution in [0.1, 0.15) is 25.0 Å². The summed E-state index contributed by atoms with van der Waals surface area (Å²) < 4.78 is 10.3. The molecule has 1 rings (SSSR count). The lowest BCUT2D eigenvalue weighted by Gasteiger charge is -2.13. The molecule has 0 heterocycles. The lowest BCUT2D eigenvalue weighted by atomic mass is 10.1. The lowest BCUT2D eigenvalue weighted by molar-refractivity contribution is -0.123. The number of carbonyl (C=O) groups is 1. The van der Waals surface area contributed by atoms with E-state index in [0.717, 1.165) is 6.42 Å². The number of nitrogens with one attached hydrogen (secondary N) is 1. The summed E-state index contributed by atoms with van der Waals surface area (Å²) in [5.74, 6) is 0.240. The fourth-order valence-electron chi connectivity index (χ4n) is 1.62. The molecular formula is C14H20ClNO4. The molecule has 0 fully saturated rings. The first-order valence-electron chi connectivity index (χ1n) is 6.40. The number of aliphatic hydroxyl groups excluding tert-OH is 1. The molecule has 0 unspecified atom stereocenters. The molecule has 0 saturated heterocycles. The molecule has 2 N–H and O–H groups in total.